The second kappa shape index (κ2) is 5.15. The molecule has 1 aliphatic heterocycles. The SMILES string of the molecule is CSc1cc(F)c(C2CCCNC2)cc1F. The van der Waals surface area contributed by atoms with Gasteiger partial charge in [0.25, 0.3) is 0 Å². The van der Waals surface area contributed by atoms with Gasteiger partial charge in [-0.05, 0) is 49.3 Å². The Hall–Kier alpha value is -0.610. The van der Waals surface area contributed by atoms with E-state index in [-0.39, 0.29) is 17.6 Å². The predicted octanol–water partition coefficient (Wildman–Crippen LogP) is 3.15. The summed E-state index contributed by atoms with van der Waals surface area (Å²) >= 11 is 1.23. The second-order valence-electron chi connectivity index (χ2n) is 4.05. The molecule has 1 aromatic carbocycles. The maximum atomic E-state index is 13.8. The Balaban J connectivity index is 2.29. The summed E-state index contributed by atoms with van der Waals surface area (Å²) in [5, 5.41) is 3.21. The Morgan fingerprint density at radius 2 is 2.12 bits per heavy atom. The third-order valence-electron chi connectivity index (χ3n) is 3.01. The van der Waals surface area contributed by atoms with E-state index in [0.29, 0.717) is 10.5 Å². The highest BCUT2D eigenvalue weighted by Gasteiger charge is 2.20. The minimum absolute atomic E-state index is 0.110. The topological polar surface area (TPSA) is 12.0 Å². The normalized spacial score (nSPS) is 21.1. The molecule has 0 amide bonds. The van der Waals surface area contributed by atoms with Crippen LogP contribution in [-0.4, -0.2) is 19.3 Å². The van der Waals surface area contributed by atoms with Crippen molar-refractivity contribution in [3.05, 3.63) is 29.3 Å². The van der Waals surface area contributed by atoms with E-state index in [4.69, 9.17) is 0 Å². The van der Waals surface area contributed by atoms with Crippen LogP contribution in [0, 0.1) is 11.6 Å². The first-order chi connectivity index (χ1) is 7.72. The number of thioether (sulfide) groups is 1. The largest absolute Gasteiger partial charge is 0.316 e. The summed E-state index contributed by atoms with van der Waals surface area (Å²) in [5.41, 5.74) is 0.516. The molecule has 0 aliphatic carbocycles. The van der Waals surface area contributed by atoms with Crippen LogP contribution in [0.1, 0.15) is 24.3 Å². The smallest absolute Gasteiger partial charge is 0.137 e. The summed E-state index contributed by atoms with van der Waals surface area (Å²) in [6, 6.07) is 2.67. The maximum Gasteiger partial charge on any atom is 0.137 e. The maximum absolute atomic E-state index is 13.8. The molecule has 0 aromatic heterocycles. The molecule has 1 saturated heterocycles. The molecule has 1 unspecified atom stereocenters. The Bertz CT molecular complexity index is 376. The third kappa shape index (κ3) is 2.38. The molecule has 4 heteroatoms. The molecular formula is C12H15F2NS. The summed E-state index contributed by atoms with van der Waals surface area (Å²) in [5.74, 6) is -0.479. The first-order valence-corrected chi connectivity index (χ1v) is 6.68. The molecule has 1 atom stereocenters. The van der Waals surface area contributed by atoms with Crippen molar-refractivity contribution in [3.8, 4) is 0 Å². The van der Waals surface area contributed by atoms with Crippen molar-refractivity contribution in [2.45, 2.75) is 23.7 Å². The lowest BCUT2D eigenvalue weighted by Gasteiger charge is -2.23. The van der Waals surface area contributed by atoms with Crippen LogP contribution >= 0.6 is 11.8 Å². The van der Waals surface area contributed by atoms with E-state index in [1.165, 1.54) is 23.9 Å². The number of nitrogens with one attached hydrogen (secondary N) is 1. The van der Waals surface area contributed by atoms with Crippen LogP contribution < -0.4 is 5.32 Å². The molecule has 0 bridgehead atoms. The molecule has 1 aromatic rings. The molecule has 1 nitrogen and oxygen atoms in total. The standard InChI is InChI=1S/C12H15F2NS/c1-16-12-6-10(13)9(5-11(12)14)8-3-2-4-15-7-8/h5-6,8,15H,2-4,7H2,1H3. The van der Waals surface area contributed by atoms with Crippen molar-refractivity contribution in [2.75, 3.05) is 19.3 Å². The molecule has 16 heavy (non-hydrogen) atoms. The Morgan fingerprint density at radius 1 is 1.31 bits per heavy atom. The number of benzene rings is 1. The third-order valence-corrected chi connectivity index (χ3v) is 3.76. The Kier molecular flexibility index (Phi) is 3.82. The van der Waals surface area contributed by atoms with Gasteiger partial charge in [0.05, 0.1) is 0 Å². The van der Waals surface area contributed by atoms with Gasteiger partial charge in [-0.1, -0.05) is 0 Å². The van der Waals surface area contributed by atoms with E-state index in [0.717, 1.165) is 25.9 Å². The fourth-order valence-corrected chi connectivity index (χ4v) is 2.61. The van der Waals surface area contributed by atoms with E-state index in [1.807, 2.05) is 0 Å². The van der Waals surface area contributed by atoms with Crippen LogP contribution in [0.15, 0.2) is 17.0 Å². The van der Waals surface area contributed by atoms with E-state index >= 15 is 0 Å². The van der Waals surface area contributed by atoms with Crippen LogP contribution in [0.5, 0.6) is 0 Å². The first-order valence-electron chi connectivity index (χ1n) is 5.46. The van der Waals surface area contributed by atoms with Crippen molar-refractivity contribution in [1.29, 1.82) is 0 Å². The molecule has 1 aliphatic rings. The van der Waals surface area contributed by atoms with E-state index in [1.54, 1.807) is 6.26 Å². The zero-order chi connectivity index (χ0) is 11.5. The zero-order valence-electron chi connectivity index (χ0n) is 9.22. The van der Waals surface area contributed by atoms with Gasteiger partial charge in [0.15, 0.2) is 0 Å². The van der Waals surface area contributed by atoms with Gasteiger partial charge in [0, 0.05) is 11.4 Å². The van der Waals surface area contributed by atoms with Gasteiger partial charge in [-0.25, -0.2) is 8.78 Å². The predicted molar refractivity (Wildman–Crippen MR) is 63.0 cm³/mol. The summed E-state index contributed by atoms with van der Waals surface area (Å²) in [6.45, 7) is 1.72. The van der Waals surface area contributed by atoms with Crippen molar-refractivity contribution < 1.29 is 8.78 Å². The molecule has 1 heterocycles. The van der Waals surface area contributed by atoms with Crippen molar-refractivity contribution >= 4 is 11.8 Å². The molecule has 0 saturated carbocycles. The van der Waals surface area contributed by atoms with Crippen LogP contribution in [0.2, 0.25) is 0 Å². The first kappa shape index (κ1) is 11.9. The van der Waals surface area contributed by atoms with Gasteiger partial charge in [-0.3, -0.25) is 0 Å². The summed E-state index contributed by atoms with van der Waals surface area (Å²) < 4.78 is 27.4. The summed E-state index contributed by atoms with van der Waals surface area (Å²) in [7, 11) is 0. The number of halogens is 2. The van der Waals surface area contributed by atoms with Gasteiger partial charge >= 0.3 is 0 Å². The average Bonchev–Trinajstić information content (AvgIpc) is 2.32. The van der Waals surface area contributed by atoms with E-state index in [2.05, 4.69) is 5.32 Å². The lowest BCUT2D eigenvalue weighted by Crippen LogP contribution is -2.28. The zero-order valence-corrected chi connectivity index (χ0v) is 10.0. The van der Waals surface area contributed by atoms with Crippen molar-refractivity contribution in [2.24, 2.45) is 0 Å². The van der Waals surface area contributed by atoms with E-state index in [9.17, 15) is 8.78 Å². The molecule has 88 valence electrons. The second-order valence-corrected chi connectivity index (χ2v) is 4.90. The highest BCUT2D eigenvalue weighted by Crippen LogP contribution is 2.30. The molecule has 1 fully saturated rings. The van der Waals surface area contributed by atoms with Crippen LogP contribution in [-0.2, 0) is 0 Å². The Morgan fingerprint density at radius 3 is 2.75 bits per heavy atom. The fraction of sp³-hybridized carbons (Fsp3) is 0.500. The van der Waals surface area contributed by atoms with Gasteiger partial charge in [0.2, 0.25) is 0 Å². The quantitative estimate of drug-likeness (QED) is 0.801. The van der Waals surface area contributed by atoms with Gasteiger partial charge in [-0.15, -0.1) is 11.8 Å². The van der Waals surface area contributed by atoms with Crippen molar-refractivity contribution in [1.82, 2.24) is 5.32 Å². The van der Waals surface area contributed by atoms with Gasteiger partial charge in [-0.2, -0.15) is 0 Å². The van der Waals surface area contributed by atoms with E-state index < -0.39 is 0 Å². The highest BCUT2D eigenvalue weighted by molar-refractivity contribution is 7.98. The lowest BCUT2D eigenvalue weighted by molar-refractivity contribution is 0.442. The van der Waals surface area contributed by atoms with Crippen LogP contribution in [0.3, 0.4) is 0 Å². The molecule has 2 rings (SSSR count). The number of rotatable bonds is 2. The lowest BCUT2D eigenvalue weighted by atomic mass is 9.91. The van der Waals surface area contributed by atoms with Gasteiger partial charge < -0.3 is 5.32 Å². The monoisotopic (exact) mass is 243 g/mol. The number of hydrogen-bond donors (Lipinski definition) is 1. The van der Waals surface area contributed by atoms with Gasteiger partial charge in [0.1, 0.15) is 11.6 Å². The van der Waals surface area contributed by atoms with Crippen LogP contribution in [0.4, 0.5) is 8.78 Å². The highest BCUT2D eigenvalue weighted by atomic mass is 32.2. The average molecular weight is 243 g/mol. The summed E-state index contributed by atoms with van der Waals surface area (Å²) in [6.07, 6.45) is 3.71. The van der Waals surface area contributed by atoms with Crippen molar-refractivity contribution in [3.63, 3.8) is 0 Å². The minimum atomic E-state index is -0.311. The molecule has 0 radical (unpaired) electrons. The number of hydrogen-bond acceptors (Lipinski definition) is 2. The number of piperidine rings is 1. The summed E-state index contributed by atoms with van der Waals surface area (Å²) in [4.78, 5) is 0.380. The minimum Gasteiger partial charge on any atom is -0.316 e. The molecule has 0 spiro atoms. The van der Waals surface area contributed by atoms with Crippen LogP contribution in [0.25, 0.3) is 0 Å². The Labute approximate surface area is 98.6 Å². The molecular weight excluding hydrogens is 228 g/mol. The molecule has 1 N–H and O–H groups in total. The fourth-order valence-electron chi connectivity index (χ4n) is 2.13.